The summed E-state index contributed by atoms with van der Waals surface area (Å²) in [6.45, 7) is 5.38. The standard InChI is InChI=1S/C13H17N5O2/c1-3-7-17-12(5-6-15-17)11-8-10(18(19)20)9-13(16-11)14-4-2/h5-6,8-9H,3-4,7H2,1-2H3,(H,14,16). The zero-order valence-electron chi connectivity index (χ0n) is 11.5. The second-order valence-corrected chi connectivity index (χ2v) is 4.32. The zero-order chi connectivity index (χ0) is 14.5. The molecule has 0 bridgehead atoms. The van der Waals surface area contributed by atoms with E-state index >= 15 is 0 Å². The third-order valence-corrected chi connectivity index (χ3v) is 2.79. The van der Waals surface area contributed by atoms with Crippen LogP contribution in [0, 0.1) is 10.1 Å². The van der Waals surface area contributed by atoms with Crippen molar-refractivity contribution < 1.29 is 4.92 Å². The number of pyridine rings is 1. The Kier molecular flexibility index (Phi) is 4.29. The summed E-state index contributed by atoms with van der Waals surface area (Å²) in [7, 11) is 0. The van der Waals surface area contributed by atoms with Gasteiger partial charge in [0, 0.05) is 25.4 Å². The van der Waals surface area contributed by atoms with E-state index in [1.807, 2.05) is 17.7 Å². The van der Waals surface area contributed by atoms with E-state index in [4.69, 9.17) is 0 Å². The molecule has 0 aliphatic rings. The fourth-order valence-corrected chi connectivity index (χ4v) is 1.96. The van der Waals surface area contributed by atoms with E-state index in [0.717, 1.165) is 18.7 Å². The molecule has 20 heavy (non-hydrogen) atoms. The third-order valence-electron chi connectivity index (χ3n) is 2.79. The summed E-state index contributed by atoms with van der Waals surface area (Å²) in [6.07, 6.45) is 2.61. The highest BCUT2D eigenvalue weighted by atomic mass is 16.6. The Balaban J connectivity index is 2.48. The molecule has 0 amide bonds. The van der Waals surface area contributed by atoms with E-state index in [1.54, 1.807) is 6.20 Å². The van der Waals surface area contributed by atoms with Gasteiger partial charge in [0.15, 0.2) is 0 Å². The summed E-state index contributed by atoms with van der Waals surface area (Å²) in [6, 6.07) is 4.73. The van der Waals surface area contributed by atoms with Crippen molar-refractivity contribution in [1.82, 2.24) is 14.8 Å². The number of hydrogen-bond donors (Lipinski definition) is 1. The molecule has 0 aromatic carbocycles. The third kappa shape index (κ3) is 2.93. The van der Waals surface area contributed by atoms with Gasteiger partial charge >= 0.3 is 0 Å². The highest BCUT2D eigenvalue weighted by Crippen LogP contribution is 2.25. The molecule has 2 heterocycles. The lowest BCUT2D eigenvalue weighted by atomic mass is 10.2. The highest BCUT2D eigenvalue weighted by molar-refractivity contribution is 5.62. The van der Waals surface area contributed by atoms with Crippen molar-refractivity contribution in [2.75, 3.05) is 11.9 Å². The van der Waals surface area contributed by atoms with Gasteiger partial charge < -0.3 is 5.32 Å². The van der Waals surface area contributed by atoms with E-state index < -0.39 is 4.92 Å². The fourth-order valence-electron chi connectivity index (χ4n) is 1.96. The first-order valence-corrected chi connectivity index (χ1v) is 6.58. The average molecular weight is 275 g/mol. The summed E-state index contributed by atoms with van der Waals surface area (Å²) < 4.78 is 1.81. The summed E-state index contributed by atoms with van der Waals surface area (Å²) in [5.74, 6) is 0.501. The molecule has 0 spiro atoms. The van der Waals surface area contributed by atoms with E-state index in [-0.39, 0.29) is 5.69 Å². The van der Waals surface area contributed by atoms with E-state index in [0.29, 0.717) is 18.1 Å². The molecular weight excluding hydrogens is 258 g/mol. The number of nitrogens with zero attached hydrogens (tertiary/aromatic N) is 4. The van der Waals surface area contributed by atoms with Gasteiger partial charge in [0.1, 0.15) is 5.82 Å². The van der Waals surface area contributed by atoms with Crippen molar-refractivity contribution in [2.45, 2.75) is 26.8 Å². The van der Waals surface area contributed by atoms with E-state index in [2.05, 4.69) is 22.3 Å². The van der Waals surface area contributed by atoms with Crippen molar-refractivity contribution in [3.8, 4) is 11.4 Å². The quantitative estimate of drug-likeness (QED) is 0.647. The number of aryl methyl sites for hydroxylation is 1. The molecule has 7 heteroatoms. The van der Waals surface area contributed by atoms with Gasteiger partial charge in [-0.3, -0.25) is 14.8 Å². The fraction of sp³-hybridized carbons (Fsp3) is 0.385. The van der Waals surface area contributed by atoms with Crippen LogP contribution in [-0.2, 0) is 6.54 Å². The van der Waals surface area contributed by atoms with Crippen LogP contribution in [0.2, 0.25) is 0 Å². The molecule has 0 saturated carbocycles. The van der Waals surface area contributed by atoms with Crippen LogP contribution in [0.4, 0.5) is 11.5 Å². The van der Waals surface area contributed by atoms with E-state index in [1.165, 1.54) is 12.1 Å². The lowest BCUT2D eigenvalue weighted by molar-refractivity contribution is -0.384. The van der Waals surface area contributed by atoms with Crippen LogP contribution in [0.15, 0.2) is 24.4 Å². The number of rotatable bonds is 6. The molecule has 2 aromatic heterocycles. The average Bonchev–Trinajstić information content (AvgIpc) is 2.87. The molecule has 7 nitrogen and oxygen atoms in total. The summed E-state index contributed by atoms with van der Waals surface area (Å²) in [4.78, 5) is 15.0. The van der Waals surface area contributed by atoms with Crippen LogP contribution >= 0.6 is 0 Å². The predicted molar refractivity (Wildman–Crippen MR) is 76.6 cm³/mol. The Hall–Kier alpha value is -2.44. The minimum absolute atomic E-state index is 0.0233. The van der Waals surface area contributed by atoms with Gasteiger partial charge in [-0.15, -0.1) is 0 Å². The molecule has 2 aromatic rings. The summed E-state index contributed by atoms with van der Waals surface area (Å²) in [5.41, 5.74) is 1.37. The molecule has 106 valence electrons. The van der Waals surface area contributed by atoms with Gasteiger partial charge in [0.25, 0.3) is 5.69 Å². The normalized spacial score (nSPS) is 10.5. The molecule has 0 radical (unpaired) electrons. The number of hydrogen-bond acceptors (Lipinski definition) is 5. The molecule has 1 N–H and O–H groups in total. The van der Waals surface area contributed by atoms with Gasteiger partial charge in [0.05, 0.1) is 22.4 Å². The van der Waals surface area contributed by atoms with Crippen LogP contribution in [0.25, 0.3) is 11.4 Å². The van der Waals surface area contributed by atoms with Crippen LogP contribution in [0.5, 0.6) is 0 Å². The second kappa shape index (κ2) is 6.14. The van der Waals surface area contributed by atoms with Crippen molar-refractivity contribution in [3.63, 3.8) is 0 Å². The minimum atomic E-state index is -0.410. The number of nitro groups is 1. The van der Waals surface area contributed by atoms with Crippen molar-refractivity contribution in [3.05, 3.63) is 34.5 Å². The predicted octanol–water partition coefficient (Wildman–Crippen LogP) is 2.70. The Morgan fingerprint density at radius 1 is 1.40 bits per heavy atom. The monoisotopic (exact) mass is 275 g/mol. The van der Waals surface area contributed by atoms with Crippen LogP contribution in [-0.4, -0.2) is 26.2 Å². The van der Waals surface area contributed by atoms with E-state index in [9.17, 15) is 10.1 Å². The van der Waals surface area contributed by atoms with Crippen molar-refractivity contribution >= 4 is 11.5 Å². The summed E-state index contributed by atoms with van der Waals surface area (Å²) >= 11 is 0. The van der Waals surface area contributed by atoms with Gasteiger partial charge in [0.2, 0.25) is 0 Å². The van der Waals surface area contributed by atoms with Gasteiger partial charge in [-0.1, -0.05) is 6.92 Å². The zero-order valence-corrected chi connectivity index (χ0v) is 11.5. The molecule has 0 atom stereocenters. The maximum absolute atomic E-state index is 11.0. The Labute approximate surface area is 116 Å². The second-order valence-electron chi connectivity index (χ2n) is 4.32. The molecular formula is C13H17N5O2. The maximum atomic E-state index is 11.0. The van der Waals surface area contributed by atoms with Crippen molar-refractivity contribution in [2.24, 2.45) is 0 Å². The summed E-state index contributed by atoms with van der Waals surface area (Å²) in [5, 5.41) is 18.2. The molecule has 0 aliphatic carbocycles. The lowest BCUT2D eigenvalue weighted by Crippen LogP contribution is -2.05. The first-order valence-electron chi connectivity index (χ1n) is 6.58. The minimum Gasteiger partial charge on any atom is -0.370 e. The number of anilines is 1. The van der Waals surface area contributed by atoms with Crippen LogP contribution in [0.3, 0.4) is 0 Å². The van der Waals surface area contributed by atoms with Gasteiger partial charge in [-0.05, 0) is 19.4 Å². The number of nitrogens with one attached hydrogen (secondary N) is 1. The molecule has 0 saturated heterocycles. The first kappa shape index (κ1) is 14.0. The molecule has 0 unspecified atom stereocenters. The Morgan fingerprint density at radius 3 is 2.85 bits per heavy atom. The molecule has 0 fully saturated rings. The van der Waals surface area contributed by atoms with Gasteiger partial charge in [-0.25, -0.2) is 4.98 Å². The lowest BCUT2D eigenvalue weighted by Gasteiger charge is -2.08. The Bertz CT molecular complexity index is 609. The topological polar surface area (TPSA) is 85.9 Å². The molecule has 2 rings (SSSR count). The smallest absolute Gasteiger partial charge is 0.275 e. The van der Waals surface area contributed by atoms with Crippen LogP contribution < -0.4 is 5.32 Å². The first-order chi connectivity index (χ1) is 9.65. The number of aromatic nitrogens is 3. The van der Waals surface area contributed by atoms with Crippen LogP contribution in [0.1, 0.15) is 20.3 Å². The maximum Gasteiger partial charge on any atom is 0.275 e. The highest BCUT2D eigenvalue weighted by Gasteiger charge is 2.14. The largest absolute Gasteiger partial charge is 0.370 e. The van der Waals surface area contributed by atoms with Gasteiger partial charge in [-0.2, -0.15) is 5.10 Å². The SMILES string of the molecule is CCCn1nccc1-c1cc([N+](=O)[O-])cc(NCC)n1. The van der Waals surface area contributed by atoms with Crippen molar-refractivity contribution in [1.29, 1.82) is 0 Å². The Morgan fingerprint density at radius 2 is 2.20 bits per heavy atom. The molecule has 0 aliphatic heterocycles.